The van der Waals surface area contributed by atoms with Gasteiger partial charge < -0.3 is 10.1 Å². The van der Waals surface area contributed by atoms with Crippen molar-refractivity contribution in [1.82, 2.24) is 5.32 Å². The summed E-state index contributed by atoms with van der Waals surface area (Å²) in [5.41, 5.74) is 4.30. The van der Waals surface area contributed by atoms with Crippen LogP contribution in [0.5, 0.6) is 0 Å². The minimum atomic E-state index is 0.481. The third-order valence-corrected chi connectivity index (χ3v) is 4.15. The molecule has 0 aliphatic carbocycles. The Kier molecular flexibility index (Phi) is 4.79. The standard InChI is InChI=1S/C16H25NO/c1-12-5-4-6-13(2)16(12)15(17-3)11-14-7-9-18-10-8-14/h4-6,14-15,17H,7-11H2,1-3H3. The molecule has 1 fully saturated rings. The van der Waals surface area contributed by atoms with E-state index in [0.29, 0.717) is 6.04 Å². The van der Waals surface area contributed by atoms with E-state index in [4.69, 9.17) is 4.74 Å². The lowest BCUT2D eigenvalue weighted by molar-refractivity contribution is 0.0607. The molecule has 0 radical (unpaired) electrons. The summed E-state index contributed by atoms with van der Waals surface area (Å²) < 4.78 is 5.45. The van der Waals surface area contributed by atoms with Gasteiger partial charge in [0.2, 0.25) is 0 Å². The van der Waals surface area contributed by atoms with Gasteiger partial charge in [0, 0.05) is 19.3 Å². The van der Waals surface area contributed by atoms with Crippen molar-refractivity contribution >= 4 is 0 Å². The third-order valence-electron chi connectivity index (χ3n) is 4.15. The van der Waals surface area contributed by atoms with Gasteiger partial charge in [-0.15, -0.1) is 0 Å². The van der Waals surface area contributed by atoms with Gasteiger partial charge in [-0.05, 0) is 62.8 Å². The van der Waals surface area contributed by atoms with E-state index < -0.39 is 0 Å². The van der Waals surface area contributed by atoms with Gasteiger partial charge >= 0.3 is 0 Å². The highest BCUT2D eigenvalue weighted by atomic mass is 16.5. The summed E-state index contributed by atoms with van der Waals surface area (Å²) in [6.45, 7) is 6.31. The molecule has 1 saturated heterocycles. The maximum absolute atomic E-state index is 5.45. The first-order valence-corrected chi connectivity index (χ1v) is 7.03. The van der Waals surface area contributed by atoms with Gasteiger partial charge in [-0.1, -0.05) is 18.2 Å². The molecule has 0 bridgehead atoms. The average molecular weight is 247 g/mol. The Balaban J connectivity index is 2.12. The Hall–Kier alpha value is -0.860. The van der Waals surface area contributed by atoms with Crippen molar-refractivity contribution in [3.05, 3.63) is 34.9 Å². The summed E-state index contributed by atoms with van der Waals surface area (Å²) in [6, 6.07) is 7.07. The first-order valence-electron chi connectivity index (χ1n) is 7.03. The fraction of sp³-hybridized carbons (Fsp3) is 0.625. The van der Waals surface area contributed by atoms with Crippen molar-refractivity contribution in [3.63, 3.8) is 0 Å². The molecule has 0 saturated carbocycles. The zero-order valence-electron chi connectivity index (χ0n) is 11.8. The number of nitrogens with one attached hydrogen (secondary N) is 1. The molecule has 1 aliphatic rings. The van der Waals surface area contributed by atoms with Crippen LogP contribution >= 0.6 is 0 Å². The smallest absolute Gasteiger partial charge is 0.0468 e. The SMILES string of the molecule is CNC(CC1CCOCC1)c1c(C)cccc1C. The van der Waals surface area contributed by atoms with Gasteiger partial charge in [0.25, 0.3) is 0 Å². The summed E-state index contributed by atoms with van der Waals surface area (Å²) in [5, 5.41) is 3.51. The quantitative estimate of drug-likeness (QED) is 0.880. The van der Waals surface area contributed by atoms with Crippen molar-refractivity contribution in [2.24, 2.45) is 5.92 Å². The van der Waals surface area contributed by atoms with E-state index in [2.05, 4.69) is 44.4 Å². The third kappa shape index (κ3) is 3.12. The molecule has 1 heterocycles. The maximum atomic E-state index is 5.45. The Morgan fingerprint density at radius 1 is 1.22 bits per heavy atom. The van der Waals surface area contributed by atoms with Crippen LogP contribution in [0.3, 0.4) is 0 Å². The van der Waals surface area contributed by atoms with Gasteiger partial charge in [-0.3, -0.25) is 0 Å². The molecule has 0 spiro atoms. The molecule has 1 aliphatic heterocycles. The maximum Gasteiger partial charge on any atom is 0.0468 e. The molecule has 0 aromatic heterocycles. The number of rotatable bonds is 4. The summed E-state index contributed by atoms with van der Waals surface area (Å²) >= 11 is 0. The molecule has 1 N–H and O–H groups in total. The lowest BCUT2D eigenvalue weighted by Gasteiger charge is -2.28. The van der Waals surface area contributed by atoms with E-state index in [1.54, 1.807) is 0 Å². The summed E-state index contributed by atoms with van der Waals surface area (Å²) in [6.07, 6.45) is 3.65. The van der Waals surface area contributed by atoms with Crippen molar-refractivity contribution in [2.75, 3.05) is 20.3 Å². The van der Waals surface area contributed by atoms with E-state index in [9.17, 15) is 0 Å². The van der Waals surface area contributed by atoms with Crippen molar-refractivity contribution in [1.29, 1.82) is 0 Å². The molecule has 1 unspecified atom stereocenters. The van der Waals surface area contributed by atoms with E-state index in [1.807, 2.05) is 0 Å². The van der Waals surface area contributed by atoms with Crippen LogP contribution in [0.2, 0.25) is 0 Å². The van der Waals surface area contributed by atoms with Crippen LogP contribution in [-0.4, -0.2) is 20.3 Å². The van der Waals surface area contributed by atoms with E-state index in [0.717, 1.165) is 19.1 Å². The summed E-state index contributed by atoms with van der Waals surface area (Å²) in [4.78, 5) is 0. The van der Waals surface area contributed by atoms with Crippen molar-refractivity contribution < 1.29 is 4.74 Å². The van der Waals surface area contributed by atoms with Gasteiger partial charge in [0.15, 0.2) is 0 Å². The summed E-state index contributed by atoms with van der Waals surface area (Å²) in [7, 11) is 2.08. The number of benzene rings is 1. The predicted molar refractivity (Wildman–Crippen MR) is 75.9 cm³/mol. The fourth-order valence-corrected chi connectivity index (χ4v) is 3.07. The van der Waals surface area contributed by atoms with Gasteiger partial charge in [-0.25, -0.2) is 0 Å². The predicted octanol–water partition coefficient (Wildman–Crippen LogP) is 3.38. The first-order chi connectivity index (χ1) is 8.72. The molecule has 2 heteroatoms. The van der Waals surface area contributed by atoms with Gasteiger partial charge in [-0.2, -0.15) is 0 Å². The van der Waals surface area contributed by atoms with Crippen molar-refractivity contribution in [2.45, 2.75) is 39.2 Å². The highest BCUT2D eigenvalue weighted by molar-refractivity contribution is 5.36. The van der Waals surface area contributed by atoms with Crippen LogP contribution < -0.4 is 5.32 Å². The highest BCUT2D eigenvalue weighted by Crippen LogP contribution is 2.30. The fourth-order valence-electron chi connectivity index (χ4n) is 3.07. The molecular weight excluding hydrogens is 222 g/mol. The molecule has 1 atom stereocenters. The van der Waals surface area contributed by atoms with Crippen LogP contribution in [0.1, 0.15) is 42.0 Å². The molecule has 18 heavy (non-hydrogen) atoms. The second kappa shape index (κ2) is 6.35. The largest absolute Gasteiger partial charge is 0.381 e. The van der Waals surface area contributed by atoms with E-state index >= 15 is 0 Å². The average Bonchev–Trinajstić information content (AvgIpc) is 2.38. The molecular formula is C16H25NO. The number of aryl methyl sites for hydroxylation is 2. The first kappa shape index (κ1) is 13.6. The van der Waals surface area contributed by atoms with Crippen LogP contribution in [0.4, 0.5) is 0 Å². The van der Waals surface area contributed by atoms with E-state index in [-0.39, 0.29) is 0 Å². The Bertz CT molecular complexity index is 362. The van der Waals surface area contributed by atoms with Crippen LogP contribution in [0.25, 0.3) is 0 Å². The Labute approximate surface area is 111 Å². The molecule has 1 aromatic rings. The highest BCUT2D eigenvalue weighted by Gasteiger charge is 2.21. The Morgan fingerprint density at radius 2 is 1.83 bits per heavy atom. The lowest BCUT2D eigenvalue weighted by Crippen LogP contribution is -2.25. The van der Waals surface area contributed by atoms with Crippen LogP contribution in [-0.2, 0) is 4.74 Å². The topological polar surface area (TPSA) is 21.3 Å². The molecule has 2 rings (SSSR count). The Morgan fingerprint density at radius 3 is 2.39 bits per heavy atom. The second-order valence-corrected chi connectivity index (χ2v) is 5.44. The molecule has 0 amide bonds. The van der Waals surface area contributed by atoms with Gasteiger partial charge in [0.05, 0.1) is 0 Å². The number of ether oxygens (including phenoxy) is 1. The lowest BCUT2D eigenvalue weighted by atomic mass is 9.86. The molecule has 100 valence electrons. The normalized spacial score (nSPS) is 18.8. The number of hydrogen-bond acceptors (Lipinski definition) is 2. The molecule has 2 nitrogen and oxygen atoms in total. The monoisotopic (exact) mass is 247 g/mol. The second-order valence-electron chi connectivity index (χ2n) is 5.44. The summed E-state index contributed by atoms with van der Waals surface area (Å²) in [5.74, 6) is 0.801. The van der Waals surface area contributed by atoms with Crippen LogP contribution in [0, 0.1) is 19.8 Å². The zero-order valence-corrected chi connectivity index (χ0v) is 11.8. The van der Waals surface area contributed by atoms with Gasteiger partial charge in [0.1, 0.15) is 0 Å². The minimum absolute atomic E-state index is 0.481. The minimum Gasteiger partial charge on any atom is -0.381 e. The molecule has 1 aromatic carbocycles. The van der Waals surface area contributed by atoms with Crippen LogP contribution in [0.15, 0.2) is 18.2 Å². The van der Waals surface area contributed by atoms with E-state index in [1.165, 1.54) is 36.0 Å². The van der Waals surface area contributed by atoms with Crippen molar-refractivity contribution in [3.8, 4) is 0 Å². The zero-order chi connectivity index (χ0) is 13.0. The number of hydrogen-bond donors (Lipinski definition) is 1.